The molecule has 0 saturated carbocycles. The number of rotatable bonds is 3. The van der Waals surface area contributed by atoms with E-state index < -0.39 is 5.91 Å². The summed E-state index contributed by atoms with van der Waals surface area (Å²) in [5.41, 5.74) is 2.77. The molecule has 0 aliphatic heterocycles. The third kappa shape index (κ3) is 3.15. The van der Waals surface area contributed by atoms with Crippen LogP contribution in [0.2, 0.25) is 0 Å². The second kappa shape index (κ2) is 5.89. The number of benzene rings is 1. The molecule has 2 aromatic rings. The van der Waals surface area contributed by atoms with Crippen LogP contribution < -0.4 is 5.32 Å². The van der Waals surface area contributed by atoms with Crippen molar-refractivity contribution in [2.75, 3.05) is 5.32 Å². The maximum absolute atomic E-state index is 12.1. The summed E-state index contributed by atoms with van der Waals surface area (Å²) in [5, 5.41) is 11.8. The Morgan fingerprint density at radius 2 is 2.15 bits per heavy atom. The van der Waals surface area contributed by atoms with E-state index >= 15 is 0 Å². The number of hydrogen-bond donors (Lipinski definition) is 1. The Hall–Kier alpha value is -2.80. The van der Waals surface area contributed by atoms with Crippen LogP contribution in [0.4, 0.5) is 5.69 Å². The summed E-state index contributed by atoms with van der Waals surface area (Å²) in [6, 6.07) is 11.0. The average Bonchev–Trinajstić information content (AvgIpc) is 2.92. The Bertz CT molecular complexity index is 692. The molecular formula is C16H14N2O2. The van der Waals surface area contributed by atoms with Gasteiger partial charge in [-0.2, -0.15) is 5.26 Å². The fourth-order valence-corrected chi connectivity index (χ4v) is 1.81. The molecule has 0 fully saturated rings. The standard InChI is InChI=1S/C16H14N2O2/c1-11-5-6-15(12(2)8-11)18-16(19)13(10-17)9-14-4-3-7-20-14/h3-9H,1-2H3,(H,18,19)/b13-9+. The maximum Gasteiger partial charge on any atom is 0.266 e. The average molecular weight is 266 g/mol. The van der Waals surface area contributed by atoms with Crippen LogP contribution in [0.25, 0.3) is 6.08 Å². The molecule has 0 bridgehead atoms. The van der Waals surface area contributed by atoms with Crippen molar-refractivity contribution < 1.29 is 9.21 Å². The minimum absolute atomic E-state index is 0.0000694. The van der Waals surface area contributed by atoms with Crippen LogP contribution in [0, 0.1) is 25.2 Å². The summed E-state index contributed by atoms with van der Waals surface area (Å²) < 4.78 is 5.10. The minimum Gasteiger partial charge on any atom is -0.465 e. The Kier molecular flexibility index (Phi) is 4.02. The molecule has 1 N–H and O–H groups in total. The van der Waals surface area contributed by atoms with Crippen LogP contribution in [0.1, 0.15) is 16.9 Å². The molecule has 2 rings (SSSR count). The molecule has 20 heavy (non-hydrogen) atoms. The quantitative estimate of drug-likeness (QED) is 0.683. The van der Waals surface area contributed by atoms with Gasteiger partial charge < -0.3 is 9.73 Å². The lowest BCUT2D eigenvalue weighted by atomic mass is 10.1. The first kappa shape index (κ1) is 13.6. The van der Waals surface area contributed by atoms with Gasteiger partial charge in [0.2, 0.25) is 0 Å². The highest BCUT2D eigenvalue weighted by Gasteiger charge is 2.11. The van der Waals surface area contributed by atoms with Crippen LogP contribution >= 0.6 is 0 Å². The summed E-state index contributed by atoms with van der Waals surface area (Å²) >= 11 is 0. The lowest BCUT2D eigenvalue weighted by molar-refractivity contribution is -0.112. The van der Waals surface area contributed by atoms with Crippen molar-refractivity contribution in [3.05, 3.63) is 59.1 Å². The molecule has 1 aromatic carbocycles. The fourth-order valence-electron chi connectivity index (χ4n) is 1.81. The lowest BCUT2D eigenvalue weighted by Gasteiger charge is -2.08. The van der Waals surface area contributed by atoms with Crippen LogP contribution in [0.3, 0.4) is 0 Å². The highest BCUT2D eigenvalue weighted by molar-refractivity contribution is 6.09. The van der Waals surface area contributed by atoms with Gasteiger partial charge in [-0.1, -0.05) is 17.7 Å². The molecule has 0 unspecified atom stereocenters. The van der Waals surface area contributed by atoms with E-state index in [-0.39, 0.29) is 5.57 Å². The number of anilines is 1. The second-order valence-electron chi connectivity index (χ2n) is 4.46. The summed E-state index contributed by atoms with van der Waals surface area (Å²) in [7, 11) is 0. The van der Waals surface area contributed by atoms with E-state index in [4.69, 9.17) is 9.68 Å². The number of carbonyl (C=O) groups excluding carboxylic acids is 1. The number of aryl methyl sites for hydroxylation is 2. The molecular weight excluding hydrogens is 252 g/mol. The zero-order valence-electron chi connectivity index (χ0n) is 11.3. The molecule has 0 saturated heterocycles. The van der Waals surface area contributed by atoms with E-state index in [2.05, 4.69) is 5.32 Å². The van der Waals surface area contributed by atoms with Crippen molar-refractivity contribution in [1.82, 2.24) is 0 Å². The maximum atomic E-state index is 12.1. The molecule has 1 aromatic heterocycles. The van der Waals surface area contributed by atoms with E-state index in [0.717, 1.165) is 11.1 Å². The molecule has 0 atom stereocenters. The van der Waals surface area contributed by atoms with Crippen molar-refractivity contribution in [1.29, 1.82) is 5.26 Å². The van der Waals surface area contributed by atoms with Gasteiger partial charge in [-0.25, -0.2) is 0 Å². The second-order valence-corrected chi connectivity index (χ2v) is 4.46. The molecule has 1 heterocycles. The summed E-state index contributed by atoms with van der Waals surface area (Å²) in [6.07, 6.45) is 2.90. The summed E-state index contributed by atoms with van der Waals surface area (Å²) in [5.74, 6) is 0.0215. The van der Waals surface area contributed by atoms with Gasteiger partial charge in [-0.05, 0) is 37.6 Å². The van der Waals surface area contributed by atoms with Crippen molar-refractivity contribution in [3.8, 4) is 6.07 Å². The monoisotopic (exact) mass is 266 g/mol. The number of hydrogen-bond acceptors (Lipinski definition) is 3. The van der Waals surface area contributed by atoms with Gasteiger partial charge in [-0.3, -0.25) is 4.79 Å². The Balaban J connectivity index is 2.20. The first-order valence-corrected chi connectivity index (χ1v) is 6.14. The van der Waals surface area contributed by atoms with Gasteiger partial charge >= 0.3 is 0 Å². The van der Waals surface area contributed by atoms with E-state index in [9.17, 15) is 4.79 Å². The number of nitrogens with one attached hydrogen (secondary N) is 1. The van der Waals surface area contributed by atoms with Crippen LogP contribution in [0.15, 0.2) is 46.6 Å². The van der Waals surface area contributed by atoms with Crippen molar-refractivity contribution >= 4 is 17.7 Å². The Morgan fingerprint density at radius 3 is 2.75 bits per heavy atom. The van der Waals surface area contributed by atoms with E-state index in [1.165, 1.54) is 12.3 Å². The highest BCUT2D eigenvalue weighted by Crippen LogP contribution is 2.17. The first-order chi connectivity index (χ1) is 9.60. The van der Waals surface area contributed by atoms with Crippen LogP contribution in [0.5, 0.6) is 0 Å². The fraction of sp³-hybridized carbons (Fsp3) is 0.125. The molecule has 0 aliphatic carbocycles. The molecule has 1 amide bonds. The Labute approximate surface area is 117 Å². The van der Waals surface area contributed by atoms with Gasteiger partial charge in [0.05, 0.1) is 6.26 Å². The number of nitrogens with zero attached hydrogens (tertiary/aromatic N) is 1. The number of furan rings is 1. The lowest BCUT2D eigenvalue weighted by Crippen LogP contribution is -2.14. The van der Waals surface area contributed by atoms with E-state index in [1.807, 2.05) is 38.1 Å². The van der Waals surface area contributed by atoms with Crippen molar-refractivity contribution in [3.63, 3.8) is 0 Å². The van der Waals surface area contributed by atoms with Gasteiger partial charge in [0.25, 0.3) is 5.91 Å². The molecule has 0 spiro atoms. The SMILES string of the molecule is Cc1ccc(NC(=O)/C(C#N)=C/c2ccco2)c(C)c1. The zero-order chi connectivity index (χ0) is 14.5. The highest BCUT2D eigenvalue weighted by atomic mass is 16.3. The molecule has 4 heteroatoms. The van der Waals surface area contributed by atoms with Crippen molar-refractivity contribution in [2.45, 2.75) is 13.8 Å². The zero-order valence-corrected chi connectivity index (χ0v) is 11.3. The van der Waals surface area contributed by atoms with Crippen LogP contribution in [-0.4, -0.2) is 5.91 Å². The molecule has 0 aliphatic rings. The molecule has 0 radical (unpaired) electrons. The van der Waals surface area contributed by atoms with Gasteiger partial charge in [0.15, 0.2) is 0 Å². The summed E-state index contributed by atoms with van der Waals surface area (Å²) in [6.45, 7) is 3.89. The smallest absolute Gasteiger partial charge is 0.266 e. The number of amides is 1. The predicted molar refractivity (Wildman–Crippen MR) is 76.8 cm³/mol. The van der Waals surface area contributed by atoms with Gasteiger partial charge in [0, 0.05) is 11.8 Å². The topological polar surface area (TPSA) is 66.0 Å². The predicted octanol–water partition coefficient (Wildman–Crippen LogP) is 3.44. The first-order valence-electron chi connectivity index (χ1n) is 6.14. The largest absolute Gasteiger partial charge is 0.465 e. The normalized spacial score (nSPS) is 10.9. The number of nitriles is 1. The van der Waals surface area contributed by atoms with Crippen molar-refractivity contribution in [2.24, 2.45) is 0 Å². The molecule has 4 nitrogen and oxygen atoms in total. The molecule has 100 valence electrons. The third-order valence-electron chi connectivity index (χ3n) is 2.82. The van der Waals surface area contributed by atoms with Gasteiger partial charge in [-0.15, -0.1) is 0 Å². The Morgan fingerprint density at radius 1 is 1.35 bits per heavy atom. The van der Waals surface area contributed by atoms with E-state index in [1.54, 1.807) is 12.1 Å². The van der Waals surface area contributed by atoms with E-state index in [0.29, 0.717) is 11.4 Å². The number of carbonyl (C=O) groups is 1. The van der Waals surface area contributed by atoms with Gasteiger partial charge in [0.1, 0.15) is 17.4 Å². The van der Waals surface area contributed by atoms with Crippen LogP contribution in [-0.2, 0) is 4.79 Å². The summed E-state index contributed by atoms with van der Waals surface area (Å²) in [4.78, 5) is 12.1. The third-order valence-corrected chi connectivity index (χ3v) is 2.82. The minimum atomic E-state index is -0.448.